The summed E-state index contributed by atoms with van der Waals surface area (Å²) in [5.74, 6) is 0. The van der Waals surface area contributed by atoms with Crippen molar-refractivity contribution in [3.05, 3.63) is 20.2 Å². The molecule has 0 unspecified atom stereocenters. The van der Waals surface area contributed by atoms with Gasteiger partial charge in [-0.1, -0.05) is 78.1 Å². The van der Waals surface area contributed by atoms with Crippen LogP contribution in [-0.4, -0.2) is 10.2 Å². The molecule has 0 radical (unpaired) electrons. The molecular weight excluding hydrogens is 252 g/mol. The molecule has 0 saturated carbocycles. The fourth-order valence-electron chi connectivity index (χ4n) is 1.62. The van der Waals surface area contributed by atoms with E-state index >= 15 is 0 Å². The van der Waals surface area contributed by atoms with Crippen molar-refractivity contribution in [3.63, 3.8) is 0 Å². The minimum Gasteiger partial charge on any atom is -0.105 e. The Labute approximate surface area is 114 Å². The predicted octanol–water partition coefficient (Wildman–Crippen LogP) is 4.31. The van der Waals surface area contributed by atoms with Gasteiger partial charge in [0.15, 0.2) is 0 Å². The predicted molar refractivity (Wildman–Crippen MR) is 72.6 cm³/mol. The van der Waals surface area contributed by atoms with Gasteiger partial charge in [0.2, 0.25) is 0 Å². The third-order valence-electron chi connectivity index (χ3n) is 2.59. The van der Waals surface area contributed by atoms with Gasteiger partial charge in [0.25, 0.3) is 0 Å². The second kappa shape index (κ2) is 16.6. The van der Waals surface area contributed by atoms with Gasteiger partial charge < -0.3 is 0 Å². The van der Waals surface area contributed by atoms with E-state index in [1.807, 2.05) is 0 Å². The van der Waals surface area contributed by atoms with Crippen LogP contribution in [0.1, 0.15) is 78.1 Å². The van der Waals surface area contributed by atoms with Crippen LogP contribution in [0.2, 0.25) is 0 Å². The highest BCUT2D eigenvalue weighted by molar-refractivity contribution is 4.45. The van der Waals surface area contributed by atoms with Gasteiger partial charge >= 0.3 is 10.2 Å². The zero-order valence-electron chi connectivity index (χ0n) is 12.0. The van der Waals surface area contributed by atoms with Crippen LogP contribution in [0.25, 0.3) is 0 Å². The molecule has 0 atom stereocenters. The molecule has 0 aromatic rings. The molecular formula is C12H26N2O5. The van der Waals surface area contributed by atoms with Crippen molar-refractivity contribution >= 4 is 0 Å². The average Bonchev–Trinajstić information content (AvgIpc) is 2.32. The summed E-state index contributed by atoms with van der Waals surface area (Å²) in [6.07, 6.45) is 14.4. The van der Waals surface area contributed by atoms with Gasteiger partial charge in [-0.3, -0.25) is 0 Å². The second-order valence-corrected chi connectivity index (χ2v) is 4.36. The molecule has 7 heteroatoms. The molecule has 0 heterocycles. The first-order valence-electron chi connectivity index (χ1n) is 7.01. The largest absolute Gasteiger partial charge is 0.356 e. The lowest BCUT2D eigenvalue weighted by atomic mass is 10.1. The third kappa shape index (κ3) is 26.3. The highest BCUT2D eigenvalue weighted by Crippen LogP contribution is 2.09. The van der Waals surface area contributed by atoms with Gasteiger partial charge in [0, 0.05) is 4.94 Å². The van der Waals surface area contributed by atoms with Crippen LogP contribution in [-0.2, 0) is 4.94 Å². The fraction of sp³-hybridized carbons (Fsp3) is 1.00. The lowest BCUT2D eigenvalue weighted by Crippen LogP contribution is -2.06. The van der Waals surface area contributed by atoms with E-state index in [-0.39, 0.29) is 0 Å². The monoisotopic (exact) mass is 278 g/mol. The van der Waals surface area contributed by atoms with Gasteiger partial charge in [-0.05, 0) is 0 Å². The first kappa shape index (κ1) is 19.9. The molecule has 7 nitrogen and oxygen atoms in total. The molecule has 0 spiro atoms. The van der Waals surface area contributed by atoms with Crippen LogP contribution >= 0.6 is 0 Å². The number of nitrogens with zero attached hydrogens (tertiary/aromatic N) is 2. The van der Waals surface area contributed by atoms with Crippen molar-refractivity contribution in [3.8, 4) is 0 Å². The van der Waals surface area contributed by atoms with Crippen LogP contribution in [0.5, 0.6) is 0 Å². The van der Waals surface area contributed by atoms with Gasteiger partial charge in [-0.15, -0.1) is 20.2 Å². The molecule has 0 amide bonds. The molecule has 114 valence electrons. The smallest absolute Gasteiger partial charge is 0.105 e. The van der Waals surface area contributed by atoms with Gasteiger partial charge in [0.1, 0.15) is 0 Å². The van der Waals surface area contributed by atoms with E-state index in [0.717, 1.165) is 0 Å². The molecule has 0 aliphatic heterocycles. The Hall–Kier alpha value is -1.40. The maximum atomic E-state index is 8.95. The summed E-state index contributed by atoms with van der Waals surface area (Å²) in [5, 5.41) is 14.9. The van der Waals surface area contributed by atoms with Crippen molar-refractivity contribution in [1.29, 1.82) is 0 Å². The number of hydrogen-bond acceptors (Lipinski definition) is 5. The summed E-state index contributed by atoms with van der Waals surface area (Å²) >= 11 is 0. The Morgan fingerprint density at radius 2 is 0.947 bits per heavy atom. The third-order valence-corrected chi connectivity index (χ3v) is 2.59. The Bertz CT molecular complexity index is 202. The van der Waals surface area contributed by atoms with E-state index < -0.39 is 10.2 Å². The van der Waals surface area contributed by atoms with Gasteiger partial charge in [-0.25, -0.2) is 0 Å². The van der Waals surface area contributed by atoms with Crippen LogP contribution < -0.4 is 0 Å². The van der Waals surface area contributed by atoms with Crippen molar-refractivity contribution in [1.82, 2.24) is 0 Å². The van der Waals surface area contributed by atoms with Crippen molar-refractivity contribution in [2.45, 2.75) is 78.1 Å². The van der Waals surface area contributed by atoms with Gasteiger partial charge in [-0.2, -0.15) is 0 Å². The Morgan fingerprint density at radius 1 is 0.684 bits per heavy atom. The normalized spacial score (nSPS) is 9.37. The molecule has 0 saturated heterocycles. The quantitative estimate of drug-likeness (QED) is 0.318. The van der Waals surface area contributed by atoms with Crippen molar-refractivity contribution < 1.29 is 15.1 Å². The van der Waals surface area contributed by atoms with E-state index in [0.29, 0.717) is 0 Å². The van der Waals surface area contributed by atoms with Crippen LogP contribution in [0.15, 0.2) is 0 Å². The van der Waals surface area contributed by atoms with Crippen molar-refractivity contribution in [2.75, 3.05) is 0 Å². The lowest BCUT2D eigenvalue weighted by molar-refractivity contribution is -1.03. The molecule has 0 fully saturated rings. The Morgan fingerprint density at radius 3 is 1.11 bits per heavy atom. The molecule has 0 aliphatic rings. The summed E-state index contributed by atoms with van der Waals surface area (Å²) < 4.78 is 0. The van der Waals surface area contributed by atoms with Crippen LogP contribution in [0, 0.1) is 20.2 Å². The van der Waals surface area contributed by atoms with Crippen molar-refractivity contribution in [2.24, 2.45) is 0 Å². The molecule has 0 aromatic carbocycles. The maximum Gasteiger partial charge on any atom is 0.356 e. The molecule has 0 N–H and O–H groups in total. The van der Waals surface area contributed by atoms with E-state index in [9.17, 15) is 0 Å². The van der Waals surface area contributed by atoms with E-state index in [1.165, 1.54) is 64.2 Å². The number of unbranched alkanes of at least 4 members (excludes halogenated alkanes) is 9. The summed E-state index contributed by atoms with van der Waals surface area (Å²) in [6.45, 7) is 4.56. The zero-order chi connectivity index (χ0) is 14.9. The number of rotatable bonds is 11. The van der Waals surface area contributed by atoms with Crippen LogP contribution in [0.3, 0.4) is 0 Å². The zero-order valence-corrected chi connectivity index (χ0v) is 12.0. The first-order valence-corrected chi connectivity index (χ1v) is 7.01. The highest BCUT2D eigenvalue weighted by atomic mass is 17.1. The summed E-state index contributed by atoms with van der Waals surface area (Å²) in [5.41, 5.74) is 0. The highest BCUT2D eigenvalue weighted by Gasteiger charge is 2.05. The topological polar surface area (TPSA) is 95.5 Å². The second-order valence-electron chi connectivity index (χ2n) is 4.36. The first-order chi connectivity index (χ1) is 9.04. The summed E-state index contributed by atoms with van der Waals surface area (Å²) in [6, 6.07) is 0. The number of hydrogen-bond donors (Lipinski definition) is 0. The fourth-order valence-corrected chi connectivity index (χ4v) is 1.62. The SMILES string of the molecule is CCCCCCCCCCCC.O=[N+]([O-])O[N+](=O)[O-]. The molecule has 0 aromatic heterocycles. The van der Waals surface area contributed by atoms with Gasteiger partial charge in [0.05, 0.1) is 0 Å². The standard InChI is InChI=1S/C12H26.N2O5/c1-3-5-7-9-11-12-10-8-6-4-2;3-1(4)7-2(5)6/h3-12H2,1-2H3;. The average molecular weight is 278 g/mol. The molecule has 0 aliphatic carbocycles. The van der Waals surface area contributed by atoms with E-state index in [2.05, 4.69) is 18.8 Å². The Balaban J connectivity index is 0. The van der Waals surface area contributed by atoms with E-state index in [1.54, 1.807) is 0 Å². The lowest BCUT2D eigenvalue weighted by Gasteiger charge is -1.99. The maximum absolute atomic E-state index is 8.95. The Kier molecular flexibility index (Phi) is 17.4. The molecule has 0 bridgehead atoms. The minimum absolute atomic E-state index is 1.37. The molecule has 0 rings (SSSR count). The van der Waals surface area contributed by atoms with Crippen LogP contribution in [0.4, 0.5) is 0 Å². The van der Waals surface area contributed by atoms with E-state index in [4.69, 9.17) is 20.2 Å². The summed E-state index contributed by atoms with van der Waals surface area (Å²) in [4.78, 5) is 20.6. The summed E-state index contributed by atoms with van der Waals surface area (Å²) in [7, 11) is 0. The minimum atomic E-state index is -1.50. The molecule has 19 heavy (non-hydrogen) atoms.